The van der Waals surface area contributed by atoms with Crippen LogP contribution in [0.4, 0.5) is 0 Å². The van der Waals surface area contributed by atoms with E-state index < -0.39 is 5.41 Å². The third kappa shape index (κ3) is 3.20. The molecule has 0 bridgehead atoms. The normalized spacial score (nSPS) is 25.5. The zero-order valence-electron chi connectivity index (χ0n) is 10.4. The Hall–Kier alpha value is -0.810. The predicted molar refractivity (Wildman–Crippen MR) is 87.5 cm³/mol. The second-order valence-corrected chi connectivity index (χ2v) is 6.46. The van der Waals surface area contributed by atoms with Gasteiger partial charge in [0, 0.05) is 8.95 Å². The molecule has 1 aromatic carbocycles. The quantitative estimate of drug-likeness (QED) is 0.622. The highest BCUT2D eigenvalue weighted by molar-refractivity contribution is 14.1. The van der Waals surface area contributed by atoms with Gasteiger partial charge < -0.3 is 5.73 Å². The van der Waals surface area contributed by atoms with Gasteiger partial charge in [0.2, 0.25) is 5.91 Å². The summed E-state index contributed by atoms with van der Waals surface area (Å²) in [6.45, 7) is 0. The number of halogens is 2. The zero-order chi connectivity index (χ0) is 13.9. The first-order chi connectivity index (χ1) is 9.04. The van der Waals surface area contributed by atoms with Gasteiger partial charge in [0.15, 0.2) is 0 Å². The number of benzene rings is 1. The van der Waals surface area contributed by atoms with Gasteiger partial charge in [0.05, 0.1) is 5.41 Å². The number of allylic oxidation sites excluding steroid dienone is 3. The minimum absolute atomic E-state index is 0.0971. The molecule has 0 saturated carbocycles. The molecule has 2 nitrogen and oxygen atoms in total. The second-order valence-electron chi connectivity index (χ2n) is 4.68. The number of amides is 1. The summed E-state index contributed by atoms with van der Waals surface area (Å²) in [4.78, 5) is 11.9. The van der Waals surface area contributed by atoms with E-state index in [2.05, 4.69) is 22.6 Å². The first-order valence-electron chi connectivity index (χ1n) is 6.09. The molecule has 2 atom stereocenters. The molecule has 0 radical (unpaired) electrons. The second kappa shape index (κ2) is 6.09. The molecule has 2 unspecified atom stereocenters. The summed E-state index contributed by atoms with van der Waals surface area (Å²) in [5.41, 5.74) is 6.21. The lowest BCUT2D eigenvalue weighted by atomic mass is 9.76. The highest BCUT2D eigenvalue weighted by Gasteiger charge is 2.40. The smallest absolute Gasteiger partial charge is 0.228 e. The van der Waals surface area contributed by atoms with Gasteiger partial charge in [-0.2, -0.15) is 0 Å². The van der Waals surface area contributed by atoms with Crippen LogP contribution >= 0.6 is 34.2 Å². The Labute approximate surface area is 131 Å². The van der Waals surface area contributed by atoms with Gasteiger partial charge in [0.1, 0.15) is 0 Å². The van der Waals surface area contributed by atoms with E-state index in [1.165, 1.54) is 0 Å². The molecular weight excluding hydrogens is 373 g/mol. The van der Waals surface area contributed by atoms with Crippen molar-refractivity contribution in [1.82, 2.24) is 0 Å². The maximum atomic E-state index is 11.9. The van der Waals surface area contributed by atoms with Crippen LogP contribution in [0.1, 0.15) is 12.0 Å². The topological polar surface area (TPSA) is 43.1 Å². The Morgan fingerprint density at radius 2 is 2.00 bits per heavy atom. The SMILES string of the molecule is NC(=O)C1(CCc2ccc(Cl)cc2)C=CC=CC1I. The molecule has 1 aliphatic rings. The van der Waals surface area contributed by atoms with Gasteiger partial charge in [-0.25, -0.2) is 0 Å². The summed E-state index contributed by atoms with van der Waals surface area (Å²) in [7, 11) is 0. The van der Waals surface area contributed by atoms with E-state index in [9.17, 15) is 4.79 Å². The number of alkyl halides is 1. The van der Waals surface area contributed by atoms with Crippen molar-refractivity contribution in [3.63, 3.8) is 0 Å². The van der Waals surface area contributed by atoms with Crippen LogP contribution in [0, 0.1) is 5.41 Å². The van der Waals surface area contributed by atoms with Crippen LogP contribution < -0.4 is 5.73 Å². The minimum atomic E-state index is -0.588. The molecule has 1 aromatic rings. The van der Waals surface area contributed by atoms with Crippen LogP contribution in [0.2, 0.25) is 5.02 Å². The molecule has 100 valence electrons. The number of carbonyl (C=O) groups is 1. The van der Waals surface area contributed by atoms with Gasteiger partial charge in [0.25, 0.3) is 0 Å². The lowest BCUT2D eigenvalue weighted by Crippen LogP contribution is -2.43. The number of rotatable bonds is 4. The van der Waals surface area contributed by atoms with E-state index in [1.54, 1.807) is 0 Å². The molecular formula is C15H15ClINO. The van der Waals surface area contributed by atoms with Crippen molar-refractivity contribution in [2.75, 3.05) is 0 Å². The van der Waals surface area contributed by atoms with Crippen molar-refractivity contribution >= 4 is 40.1 Å². The van der Waals surface area contributed by atoms with Crippen molar-refractivity contribution in [2.24, 2.45) is 11.1 Å². The maximum Gasteiger partial charge on any atom is 0.228 e. The Morgan fingerprint density at radius 3 is 2.58 bits per heavy atom. The minimum Gasteiger partial charge on any atom is -0.369 e. The van der Waals surface area contributed by atoms with Crippen LogP contribution in [0.15, 0.2) is 48.6 Å². The standard InChI is InChI=1S/C15H15ClINO/c16-12-6-4-11(5-7-12)8-10-15(14(18)19)9-2-1-3-13(15)17/h1-7,9,13H,8,10H2,(H2,18,19). The molecule has 2 N–H and O–H groups in total. The van der Waals surface area contributed by atoms with Gasteiger partial charge >= 0.3 is 0 Å². The van der Waals surface area contributed by atoms with Crippen LogP contribution in [0.3, 0.4) is 0 Å². The summed E-state index contributed by atoms with van der Waals surface area (Å²) >= 11 is 8.14. The largest absolute Gasteiger partial charge is 0.369 e. The van der Waals surface area contributed by atoms with Crippen molar-refractivity contribution in [2.45, 2.75) is 16.8 Å². The van der Waals surface area contributed by atoms with E-state index in [-0.39, 0.29) is 9.83 Å². The first-order valence-corrected chi connectivity index (χ1v) is 7.71. The lowest BCUT2D eigenvalue weighted by molar-refractivity contribution is -0.125. The number of primary amides is 1. The van der Waals surface area contributed by atoms with Gasteiger partial charge in [-0.05, 0) is 30.5 Å². The Balaban J connectivity index is 2.14. The highest BCUT2D eigenvalue weighted by Crippen LogP contribution is 2.38. The van der Waals surface area contributed by atoms with Gasteiger partial charge in [-0.1, -0.05) is 70.6 Å². The fourth-order valence-electron chi connectivity index (χ4n) is 2.22. The monoisotopic (exact) mass is 387 g/mol. The molecule has 0 aromatic heterocycles. The Bertz CT molecular complexity index is 523. The molecule has 0 aliphatic heterocycles. The van der Waals surface area contributed by atoms with E-state index in [1.807, 2.05) is 48.6 Å². The van der Waals surface area contributed by atoms with E-state index in [0.717, 1.165) is 17.0 Å². The molecule has 1 aliphatic carbocycles. The van der Waals surface area contributed by atoms with Crippen LogP contribution in [-0.2, 0) is 11.2 Å². The molecule has 0 spiro atoms. The predicted octanol–water partition coefficient (Wildman–Crippen LogP) is 3.67. The van der Waals surface area contributed by atoms with Crippen LogP contribution in [0.5, 0.6) is 0 Å². The van der Waals surface area contributed by atoms with Crippen molar-refractivity contribution in [3.8, 4) is 0 Å². The molecule has 1 amide bonds. The average molecular weight is 388 g/mol. The molecule has 0 fully saturated rings. The van der Waals surface area contributed by atoms with Gasteiger partial charge in [-0.15, -0.1) is 0 Å². The maximum absolute atomic E-state index is 11.9. The van der Waals surface area contributed by atoms with Crippen LogP contribution in [-0.4, -0.2) is 9.83 Å². The molecule has 2 rings (SSSR count). The number of aryl methyl sites for hydroxylation is 1. The third-order valence-electron chi connectivity index (χ3n) is 3.48. The zero-order valence-corrected chi connectivity index (χ0v) is 13.3. The van der Waals surface area contributed by atoms with Crippen molar-refractivity contribution in [3.05, 3.63) is 59.2 Å². The third-order valence-corrected chi connectivity index (χ3v) is 5.25. The number of hydrogen-bond acceptors (Lipinski definition) is 1. The van der Waals surface area contributed by atoms with E-state index in [4.69, 9.17) is 17.3 Å². The number of carbonyl (C=O) groups excluding carboxylic acids is 1. The van der Waals surface area contributed by atoms with E-state index in [0.29, 0.717) is 6.42 Å². The molecule has 4 heteroatoms. The van der Waals surface area contributed by atoms with Crippen LogP contribution in [0.25, 0.3) is 0 Å². The fraction of sp³-hybridized carbons (Fsp3) is 0.267. The van der Waals surface area contributed by atoms with E-state index >= 15 is 0 Å². The highest BCUT2D eigenvalue weighted by atomic mass is 127. The van der Waals surface area contributed by atoms with Crippen molar-refractivity contribution < 1.29 is 4.79 Å². The first kappa shape index (κ1) is 14.6. The summed E-state index contributed by atoms with van der Waals surface area (Å²) in [6, 6.07) is 7.71. The molecule has 0 saturated heterocycles. The molecule has 0 heterocycles. The number of hydrogen-bond donors (Lipinski definition) is 1. The summed E-state index contributed by atoms with van der Waals surface area (Å²) in [5, 5.41) is 0.723. The fourth-order valence-corrected chi connectivity index (χ4v) is 3.41. The summed E-state index contributed by atoms with van der Waals surface area (Å²) in [6.07, 6.45) is 9.33. The Morgan fingerprint density at radius 1 is 1.32 bits per heavy atom. The summed E-state index contributed by atoms with van der Waals surface area (Å²) in [5.74, 6) is -0.263. The Kier molecular flexibility index (Phi) is 4.68. The lowest BCUT2D eigenvalue weighted by Gasteiger charge is -2.32. The average Bonchev–Trinajstić information content (AvgIpc) is 2.39. The molecule has 19 heavy (non-hydrogen) atoms. The van der Waals surface area contributed by atoms with Crippen molar-refractivity contribution in [1.29, 1.82) is 0 Å². The number of nitrogens with two attached hydrogens (primary N) is 1. The van der Waals surface area contributed by atoms with Gasteiger partial charge in [-0.3, -0.25) is 4.79 Å². The summed E-state index contributed by atoms with van der Waals surface area (Å²) < 4.78 is 0.0971.